The van der Waals surface area contributed by atoms with Gasteiger partial charge < -0.3 is 25.0 Å². The van der Waals surface area contributed by atoms with Crippen molar-refractivity contribution in [1.82, 2.24) is 24.6 Å². The van der Waals surface area contributed by atoms with Gasteiger partial charge in [0, 0.05) is 24.0 Å². The summed E-state index contributed by atoms with van der Waals surface area (Å²) in [5.41, 5.74) is 1.92. The van der Waals surface area contributed by atoms with Crippen LogP contribution in [0.2, 0.25) is 0 Å². The van der Waals surface area contributed by atoms with Crippen LogP contribution < -0.4 is 0 Å². The number of hydrogen-bond donors (Lipinski definition) is 3. The Hall–Kier alpha value is -3.17. The van der Waals surface area contributed by atoms with Crippen molar-refractivity contribution < 1.29 is 19.8 Å². The highest BCUT2D eigenvalue weighted by atomic mass is 16.3. The van der Waals surface area contributed by atoms with Gasteiger partial charge in [-0.3, -0.25) is 14.3 Å². The average Bonchev–Trinajstić information content (AvgIpc) is 3.28. The lowest BCUT2D eigenvalue weighted by molar-refractivity contribution is 0.0482. The maximum atomic E-state index is 13.3. The van der Waals surface area contributed by atoms with Gasteiger partial charge in [-0.05, 0) is 25.0 Å². The number of β-amino-alcohol motifs (C(OH)–C–C–N with tert-alkyl or cyclic N) is 1. The van der Waals surface area contributed by atoms with Crippen LogP contribution in [0.15, 0.2) is 36.5 Å². The Morgan fingerprint density at radius 3 is 2.71 bits per heavy atom. The molecule has 5 rings (SSSR count). The SMILES string of the molecule is O=C(c1cc2ccccc2[nH]1)N1CCn2ncc(C(=O)N(CCO)C3(CO)CC3)c2C1. The molecule has 3 aromatic rings. The largest absolute Gasteiger partial charge is 0.395 e. The standard InChI is InChI=1S/C22H25N5O4/c28-10-9-26(22(14-29)5-6-22)20(30)16-12-23-27-8-7-25(13-19(16)27)21(31)18-11-15-3-1-2-4-17(15)24-18/h1-4,11-12,24,28-29H,5-10,13-14H2. The molecule has 0 unspecified atom stereocenters. The minimum Gasteiger partial charge on any atom is -0.395 e. The average molecular weight is 423 g/mol. The maximum absolute atomic E-state index is 13.3. The van der Waals surface area contributed by atoms with E-state index in [0.717, 1.165) is 10.9 Å². The number of para-hydroxylation sites is 1. The number of aromatic nitrogens is 3. The van der Waals surface area contributed by atoms with E-state index in [2.05, 4.69) is 10.1 Å². The topological polar surface area (TPSA) is 115 Å². The van der Waals surface area contributed by atoms with E-state index in [0.29, 0.717) is 42.9 Å². The lowest BCUT2D eigenvalue weighted by atomic mass is 10.1. The Labute approximate surface area is 178 Å². The van der Waals surface area contributed by atoms with Crippen molar-refractivity contribution in [2.75, 3.05) is 26.3 Å². The molecule has 9 heteroatoms. The van der Waals surface area contributed by atoms with Crippen molar-refractivity contribution in [3.05, 3.63) is 53.5 Å². The van der Waals surface area contributed by atoms with Crippen molar-refractivity contribution >= 4 is 22.7 Å². The number of carbonyl (C=O) groups is 2. The molecule has 162 valence electrons. The van der Waals surface area contributed by atoms with Crippen molar-refractivity contribution in [2.24, 2.45) is 0 Å². The molecule has 0 spiro atoms. The highest BCUT2D eigenvalue weighted by Gasteiger charge is 2.50. The van der Waals surface area contributed by atoms with E-state index in [-0.39, 0.29) is 38.1 Å². The van der Waals surface area contributed by atoms with E-state index >= 15 is 0 Å². The first-order chi connectivity index (χ1) is 15.1. The Morgan fingerprint density at radius 2 is 2.00 bits per heavy atom. The van der Waals surface area contributed by atoms with Crippen LogP contribution in [0.3, 0.4) is 0 Å². The third kappa shape index (κ3) is 3.30. The number of aliphatic hydroxyl groups is 2. The zero-order valence-corrected chi connectivity index (χ0v) is 17.1. The molecule has 0 saturated heterocycles. The summed E-state index contributed by atoms with van der Waals surface area (Å²) in [7, 11) is 0. The first-order valence-corrected chi connectivity index (χ1v) is 10.5. The molecule has 1 fully saturated rings. The Morgan fingerprint density at radius 1 is 1.19 bits per heavy atom. The van der Waals surface area contributed by atoms with E-state index in [1.165, 1.54) is 6.20 Å². The van der Waals surface area contributed by atoms with Gasteiger partial charge in [0.15, 0.2) is 0 Å². The number of aromatic amines is 1. The van der Waals surface area contributed by atoms with E-state index in [4.69, 9.17) is 0 Å². The predicted octanol–water partition coefficient (Wildman–Crippen LogP) is 0.980. The number of amides is 2. The van der Waals surface area contributed by atoms with Crippen LogP contribution in [-0.2, 0) is 13.1 Å². The fourth-order valence-electron chi connectivity index (χ4n) is 4.41. The number of hydrogen-bond acceptors (Lipinski definition) is 5. The minimum absolute atomic E-state index is 0.122. The van der Waals surface area contributed by atoms with Crippen molar-refractivity contribution in [3.63, 3.8) is 0 Å². The molecule has 0 radical (unpaired) electrons. The number of carbonyl (C=O) groups excluding carboxylic acids is 2. The smallest absolute Gasteiger partial charge is 0.270 e. The summed E-state index contributed by atoms with van der Waals surface area (Å²) in [6.07, 6.45) is 2.96. The van der Waals surface area contributed by atoms with E-state index in [9.17, 15) is 19.8 Å². The van der Waals surface area contributed by atoms with Crippen LogP contribution >= 0.6 is 0 Å². The Balaban J connectivity index is 1.40. The van der Waals surface area contributed by atoms with Gasteiger partial charge in [0.1, 0.15) is 5.69 Å². The van der Waals surface area contributed by atoms with E-state index < -0.39 is 5.54 Å². The molecule has 0 bridgehead atoms. The molecule has 31 heavy (non-hydrogen) atoms. The van der Waals surface area contributed by atoms with Crippen LogP contribution in [0.25, 0.3) is 10.9 Å². The van der Waals surface area contributed by atoms with Gasteiger partial charge in [0.05, 0.1) is 49.3 Å². The molecule has 2 aliphatic rings. The van der Waals surface area contributed by atoms with Crippen LogP contribution in [0.1, 0.15) is 39.4 Å². The number of fused-ring (bicyclic) bond motifs is 2. The van der Waals surface area contributed by atoms with E-state index in [1.54, 1.807) is 14.5 Å². The summed E-state index contributed by atoms with van der Waals surface area (Å²) >= 11 is 0. The third-order valence-electron chi connectivity index (χ3n) is 6.41. The van der Waals surface area contributed by atoms with E-state index in [1.807, 2.05) is 30.3 Å². The normalized spacial score (nSPS) is 16.9. The van der Waals surface area contributed by atoms with Crippen LogP contribution in [0, 0.1) is 0 Å². The van der Waals surface area contributed by atoms with Crippen LogP contribution in [-0.4, -0.2) is 78.4 Å². The highest BCUT2D eigenvalue weighted by molar-refractivity contribution is 5.99. The first-order valence-electron chi connectivity index (χ1n) is 10.5. The zero-order valence-electron chi connectivity index (χ0n) is 17.1. The van der Waals surface area contributed by atoms with Crippen LogP contribution in [0.4, 0.5) is 0 Å². The second-order valence-electron chi connectivity index (χ2n) is 8.29. The van der Waals surface area contributed by atoms with Crippen molar-refractivity contribution in [1.29, 1.82) is 0 Å². The van der Waals surface area contributed by atoms with Crippen LogP contribution in [0.5, 0.6) is 0 Å². The molecule has 9 nitrogen and oxygen atoms in total. The van der Waals surface area contributed by atoms with Gasteiger partial charge in [-0.25, -0.2) is 0 Å². The van der Waals surface area contributed by atoms with Gasteiger partial charge in [-0.15, -0.1) is 0 Å². The molecule has 2 amide bonds. The van der Waals surface area contributed by atoms with Gasteiger partial charge in [-0.1, -0.05) is 18.2 Å². The monoisotopic (exact) mass is 423 g/mol. The van der Waals surface area contributed by atoms with Gasteiger partial charge in [0.25, 0.3) is 11.8 Å². The number of H-pyrrole nitrogens is 1. The van der Waals surface area contributed by atoms with Crippen molar-refractivity contribution in [2.45, 2.75) is 31.5 Å². The number of nitrogens with one attached hydrogen (secondary N) is 1. The molecule has 1 aromatic carbocycles. The molecule has 1 saturated carbocycles. The lowest BCUT2D eigenvalue weighted by Crippen LogP contribution is -2.47. The minimum atomic E-state index is -0.594. The quantitative estimate of drug-likeness (QED) is 0.547. The molecular formula is C22H25N5O4. The molecule has 2 aromatic heterocycles. The fraction of sp³-hybridized carbons (Fsp3) is 0.409. The molecule has 3 heterocycles. The lowest BCUT2D eigenvalue weighted by Gasteiger charge is -2.32. The summed E-state index contributed by atoms with van der Waals surface area (Å²) in [6.45, 7) is 1.11. The third-order valence-corrected chi connectivity index (χ3v) is 6.41. The van der Waals surface area contributed by atoms with Gasteiger partial charge in [0.2, 0.25) is 0 Å². The molecular weight excluding hydrogens is 398 g/mol. The summed E-state index contributed by atoms with van der Waals surface area (Å²) in [6, 6.07) is 9.57. The summed E-state index contributed by atoms with van der Waals surface area (Å²) in [4.78, 5) is 32.9. The maximum Gasteiger partial charge on any atom is 0.270 e. The first kappa shape index (κ1) is 19.8. The Kier molecular flexibility index (Phi) is 4.79. The molecule has 3 N–H and O–H groups in total. The molecule has 0 atom stereocenters. The number of nitrogens with zero attached hydrogens (tertiary/aromatic N) is 4. The summed E-state index contributed by atoms with van der Waals surface area (Å²) in [5, 5.41) is 24.6. The van der Waals surface area contributed by atoms with Crippen molar-refractivity contribution in [3.8, 4) is 0 Å². The number of benzene rings is 1. The van der Waals surface area contributed by atoms with Gasteiger partial charge >= 0.3 is 0 Å². The summed E-state index contributed by atoms with van der Waals surface area (Å²) < 4.78 is 1.76. The number of aliphatic hydroxyl groups excluding tert-OH is 2. The van der Waals surface area contributed by atoms with Gasteiger partial charge in [-0.2, -0.15) is 5.10 Å². The Bertz CT molecular complexity index is 1110. The second kappa shape index (κ2) is 7.51. The zero-order chi connectivity index (χ0) is 21.6. The highest BCUT2D eigenvalue weighted by Crippen LogP contribution is 2.42. The number of rotatable bonds is 6. The molecule has 1 aliphatic carbocycles. The fourth-order valence-corrected chi connectivity index (χ4v) is 4.41. The second-order valence-corrected chi connectivity index (χ2v) is 8.29. The molecule has 1 aliphatic heterocycles. The summed E-state index contributed by atoms with van der Waals surface area (Å²) in [5.74, 6) is -0.384. The predicted molar refractivity (Wildman–Crippen MR) is 112 cm³/mol.